The molecule has 0 bridgehead atoms. The quantitative estimate of drug-likeness (QED) is 0.166. The normalized spacial score (nSPS) is 14.0. The van der Waals surface area contributed by atoms with E-state index in [9.17, 15) is 0 Å². The number of hydrogen-bond donors (Lipinski definition) is 0. The minimum Gasteiger partial charge on any atom is -0.457 e. The summed E-state index contributed by atoms with van der Waals surface area (Å²) in [6.45, 7) is 0. The molecule has 0 fully saturated rings. The summed E-state index contributed by atoms with van der Waals surface area (Å²) in [5.74, 6) is 1.77. The van der Waals surface area contributed by atoms with Crippen LogP contribution in [0.5, 0.6) is 11.5 Å². The van der Waals surface area contributed by atoms with Gasteiger partial charge in [0.15, 0.2) is 0 Å². The van der Waals surface area contributed by atoms with Crippen molar-refractivity contribution in [2.75, 3.05) is 4.90 Å². The van der Waals surface area contributed by atoms with E-state index in [1.54, 1.807) is 0 Å². The minimum atomic E-state index is -0.597. The summed E-state index contributed by atoms with van der Waals surface area (Å²) < 4.78 is 6.72. The number of fused-ring (bicyclic) bond motifs is 12. The van der Waals surface area contributed by atoms with Crippen LogP contribution < -0.4 is 9.64 Å². The van der Waals surface area contributed by atoms with E-state index in [2.05, 4.69) is 254 Å². The number of benzene rings is 10. The van der Waals surface area contributed by atoms with Gasteiger partial charge in [-0.1, -0.05) is 206 Å². The summed E-state index contributed by atoms with van der Waals surface area (Å²) in [4.78, 5) is 2.52. The lowest BCUT2D eigenvalue weighted by molar-refractivity contribution is 0.436. The zero-order chi connectivity index (χ0) is 42.2. The van der Waals surface area contributed by atoms with Gasteiger partial charge in [-0.15, -0.1) is 0 Å². The Kier molecular flexibility index (Phi) is 8.07. The zero-order valence-electron chi connectivity index (χ0n) is 35.0. The van der Waals surface area contributed by atoms with Gasteiger partial charge >= 0.3 is 0 Å². The molecule has 0 aromatic heterocycles. The van der Waals surface area contributed by atoms with Gasteiger partial charge in [0.2, 0.25) is 0 Å². The highest BCUT2D eigenvalue weighted by Crippen LogP contribution is 2.64. The molecular weight excluding hydrogens is 775 g/mol. The van der Waals surface area contributed by atoms with Crippen LogP contribution in [0.4, 0.5) is 17.1 Å². The van der Waals surface area contributed by atoms with Crippen molar-refractivity contribution in [1.29, 1.82) is 0 Å². The van der Waals surface area contributed by atoms with Gasteiger partial charge in [-0.05, 0) is 104 Å². The molecule has 2 aliphatic carbocycles. The average molecular weight is 816 g/mol. The van der Waals surface area contributed by atoms with E-state index in [1.165, 1.54) is 61.2 Å². The lowest BCUT2D eigenvalue weighted by atomic mass is 9.66. The largest absolute Gasteiger partial charge is 0.457 e. The minimum absolute atomic E-state index is 0.549. The molecule has 0 amide bonds. The molecule has 0 atom stereocenters. The number of nitrogens with zero attached hydrogens (tertiary/aromatic N) is 1. The van der Waals surface area contributed by atoms with Crippen molar-refractivity contribution in [3.8, 4) is 44.9 Å². The lowest BCUT2D eigenvalue weighted by Gasteiger charge is -2.39. The summed E-state index contributed by atoms with van der Waals surface area (Å²) in [6.07, 6.45) is 0. The first-order valence-electron chi connectivity index (χ1n) is 22.2. The number of para-hydroxylation sites is 2. The van der Waals surface area contributed by atoms with Gasteiger partial charge in [-0.3, -0.25) is 0 Å². The molecule has 64 heavy (non-hydrogen) atoms. The molecule has 0 saturated carbocycles. The Morgan fingerprint density at radius 3 is 1.45 bits per heavy atom. The van der Waals surface area contributed by atoms with Gasteiger partial charge in [0, 0.05) is 28.1 Å². The number of anilines is 3. The van der Waals surface area contributed by atoms with Crippen molar-refractivity contribution < 1.29 is 4.74 Å². The van der Waals surface area contributed by atoms with Gasteiger partial charge in [0.1, 0.15) is 11.5 Å². The molecule has 1 spiro atoms. The van der Waals surface area contributed by atoms with E-state index >= 15 is 0 Å². The lowest BCUT2D eigenvalue weighted by Crippen LogP contribution is -2.32. The molecule has 1 aliphatic heterocycles. The maximum Gasteiger partial charge on any atom is 0.132 e. The first-order valence-corrected chi connectivity index (χ1v) is 22.2. The number of ether oxygens (including phenoxy) is 1. The van der Waals surface area contributed by atoms with Crippen LogP contribution in [-0.2, 0) is 10.8 Å². The molecule has 13 rings (SSSR count). The van der Waals surface area contributed by atoms with Crippen molar-refractivity contribution >= 4 is 17.1 Å². The van der Waals surface area contributed by atoms with Crippen LogP contribution in [0.15, 0.2) is 249 Å². The fourth-order valence-electron chi connectivity index (χ4n) is 11.5. The highest BCUT2D eigenvalue weighted by atomic mass is 16.5. The molecular formula is C62H41NO. The summed E-state index contributed by atoms with van der Waals surface area (Å²) in [6, 6.07) is 91.3. The van der Waals surface area contributed by atoms with Crippen molar-refractivity contribution in [2.45, 2.75) is 10.8 Å². The van der Waals surface area contributed by atoms with E-state index in [-0.39, 0.29) is 0 Å². The summed E-state index contributed by atoms with van der Waals surface area (Å²) in [7, 11) is 0. The van der Waals surface area contributed by atoms with Gasteiger partial charge in [-0.25, -0.2) is 0 Å². The van der Waals surface area contributed by atoms with E-state index in [1.807, 2.05) is 0 Å². The molecule has 300 valence electrons. The SMILES string of the molecule is c1ccc(-c2cccc(N(c3ccc4c(c3)C(c3ccccc3)(c3ccccc3)c3ccccc3-4)c3cccc4c3-c3ccccc3C43c4ccccc4Oc4ccccc43)c2)cc1. The van der Waals surface area contributed by atoms with Gasteiger partial charge in [0.05, 0.1) is 16.5 Å². The number of hydrogen-bond acceptors (Lipinski definition) is 2. The van der Waals surface area contributed by atoms with Gasteiger partial charge in [0.25, 0.3) is 0 Å². The predicted molar refractivity (Wildman–Crippen MR) is 261 cm³/mol. The first-order chi connectivity index (χ1) is 31.8. The Morgan fingerprint density at radius 2 is 0.781 bits per heavy atom. The second-order valence-corrected chi connectivity index (χ2v) is 17.1. The van der Waals surface area contributed by atoms with Crippen molar-refractivity contribution in [3.05, 3.63) is 293 Å². The highest BCUT2D eigenvalue weighted by Gasteiger charge is 2.52. The second-order valence-electron chi connectivity index (χ2n) is 17.1. The maximum atomic E-state index is 6.72. The van der Waals surface area contributed by atoms with Crippen LogP contribution in [0, 0.1) is 0 Å². The van der Waals surface area contributed by atoms with E-state index in [0.29, 0.717) is 0 Å². The van der Waals surface area contributed by atoms with E-state index in [4.69, 9.17) is 4.74 Å². The molecule has 0 N–H and O–H groups in total. The Bertz CT molecular complexity index is 3340. The first kappa shape index (κ1) is 36.5. The summed E-state index contributed by atoms with van der Waals surface area (Å²) in [5.41, 5.74) is 19.3. The van der Waals surface area contributed by atoms with Gasteiger partial charge < -0.3 is 9.64 Å². The topological polar surface area (TPSA) is 12.5 Å². The van der Waals surface area contributed by atoms with Crippen LogP contribution in [0.2, 0.25) is 0 Å². The van der Waals surface area contributed by atoms with Crippen LogP contribution in [0.3, 0.4) is 0 Å². The molecule has 0 saturated heterocycles. The molecule has 2 nitrogen and oxygen atoms in total. The monoisotopic (exact) mass is 815 g/mol. The smallest absolute Gasteiger partial charge is 0.132 e. The van der Waals surface area contributed by atoms with Crippen LogP contribution in [0.25, 0.3) is 33.4 Å². The third kappa shape index (κ3) is 5.02. The molecule has 0 radical (unpaired) electrons. The van der Waals surface area contributed by atoms with Gasteiger partial charge in [-0.2, -0.15) is 0 Å². The van der Waals surface area contributed by atoms with E-state index < -0.39 is 10.8 Å². The summed E-state index contributed by atoms with van der Waals surface area (Å²) >= 11 is 0. The van der Waals surface area contributed by atoms with Crippen molar-refractivity contribution in [3.63, 3.8) is 0 Å². The highest BCUT2D eigenvalue weighted by molar-refractivity contribution is 5.99. The Balaban J connectivity index is 1.12. The Morgan fingerprint density at radius 1 is 0.297 bits per heavy atom. The third-order valence-electron chi connectivity index (χ3n) is 14.0. The van der Waals surface area contributed by atoms with Crippen molar-refractivity contribution in [2.24, 2.45) is 0 Å². The summed E-state index contributed by atoms with van der Waals surface area (Å²) in [5, 5.41) is 0. The maximum absolute atomic E-state index is 6.72. The van der Waals surface area contributed by atoms with E-state index in [0.717, 1.165) is 45.3 Å². The van der Waals surface area contributed by atoms with Crippen LogP contribution >= 0.6 is 0 Å². The molecule has 3 aliphatic rings. The molecule has 10 aromatic carbocycles. The predicted octanol–water partition coefficient (Wildman–Crippen LogP) is 15.7. The Labute approximate surface area is 374 Å². The van der Waals surface area contributed by atoms with Crippen molar-refractivity contribution in [1.82, 2.24) is 0 Å². The standard InChI is InChI=1S/C62H41NO/c1-4-20-42(21-5-1)43-22-18-27-46(40-43)63(47-38-39-49-48-28-10-12-30-51(48)61(56(49)41-47,44-23-6-2-7-24-44)45-25-8-3-9-26-45)57-35-19-34-55-60(57)50-29-11-13-31-52(50)62(55)53-32-14-16-36-58(53)64-59-37-17-15-33-54(59)62/h1-41H. The second kappa shape index (κ2) is 14.2. The Hall–Kier alpha value is -8.20. The zero-order valence-corrected chi connectivity index (χ0v) is 35.0. The fourth-order valence-corrected chi connectivity index (χ4v) is 11.5. The number of rotatable bonds is 6. The molecule has 1 heterocycles. The molecule has 10 aromatic rings. The van der Waals surface area contributed by atoms with Crippen LogP contribution in [-0.4, -0.2) is 0 Å². The fraction of sp³-hybridized carbons (Fsp3) is 0.0323. The molecule has 0 unspecified atom stereocenters. The third-order valence-corrected chi connectivity index (χ3v) is 14.0. The average Bonchev–Trinajstić information content (AvgIpc) is 3.84. The molecule has 2 heteroatoms. The van der Waals surface area contributed by atoms with Crippen LogP contribution in [0.1, 0.15) is 44.5 Å².